The quantitative estimate of drug-likeness (QED) is 0.873. The Morgan fingerprint density at radius 2 is 1.80 bits per heavy atom. The summed E-state index contributed by atoms with van der Waals surface area (Å²) in [6.07, 6.45) is 3.75. The van der Waals surface area contributed by atoms with E-state index < -0.39 is 15.8 Å². The van der Waals surface area contributed by atoms with Gasteiger partial charge in [0.05, 0.1) is 4.90 Å². The van der Waals surface area contributed by atoms with Crippen molar-refractivity contribution in [2.45, 2.75) is 43.5 Å². The predicted molar refractivity (Wildman–Crippen MR) is 77.2 cm³/mol. The van der Waals surface area contributed by atoms with E-state index in [1.54, 1.807) is 7.05 Å². The fraction of sp³-hybridized carbons (Fsp3) is 0.571. The number of rotatable bonds is 3. The van der Waals surface area contributed by atoms with E-state index in [1.807, 2.05) is 0 Å². The summed E-state index contributed by atoms with van der Waals surface area (Å²) in [7, 11) is -2.12. The highest BCUT2D eigenvalue weighted by atomic mass is 32.2. The average Bonchev–Trinajstić information content (AvgIpc) is 2.37. The van der Waals surface area contributed by atoms with Gasteiger partial charge in [0.15, 0.2) is 0 Å². The highest BCUT2D eigenvalue weighted by Gasteiger charge is 2.30. The van der Waals surface area contributed by atoms with E-state index >= 15 is 0 Å². The second kappa shape index (κ2) is 5.69. The number of nitrogen functional groups attached to an aromatic ring is 1. The van der Waals surface area contributed by atoms with Crippen molar-refractivity contribution in [3.05, 3.63) is 24.0 Å². The average molecular weight is 300 g/mol. The fourth-order valence-corrected chi connectivity index (χ4v) is 4.18. The van der Waals surface area contributed by atoms with Crippen LogP contribution in [0.15, 0.2) is 23.1 Å². The van der Waals surface area contributed by atoms with Crippen molar-refractivity contribution in [2.75, 3.05) is 12.8 Å². The first-order valence-electron chi connectivity index (χ1n) is 6.85. The van der Waals surface area contributed by atoms with E-state index in [0.29, 0.717) is 5.92 Å². The Morgan fingerprint density at radius 1 is 1.20 bits per heavy atom. The van der Waals surface area contributed by atoms with Crippen molar-refractivity contribution >= 4 is 15.7 Å². The zero-order valence-corrected chi connectivity index (χ0v) is 12.7. The van der Waals surface area contributed by atoms with E-state index in [0.717, 1.165) is 37.8 Å². The molecule has 2 N–H and O–H groups in total. The summed E-state index contributed by atoms with van der Waals surface area (Å²) in [6.45, 7) is 2.18. The molecule has 0 bridgehead atoms. The highest BCUT2D eigenvalue weighted by Crippen LogP contribution is 2.30. The Hall–Kier alpha value is -1.14. The molecule has 0 unspecified atom stereocenters. The van der Waals surface area contributed by atoms with Crippen LogP contribution in [0.2, 0.25) is 0 Å². The third kappa shape index (κ3) is 3.12. The Balaban J connectivity index is 2.25. The van der Waals surface area contributed by atoms with Gasteiger partial charge in [-0.15, -0.1) is 0 Å². The van der Waals surface area contributed by atoms with Crippen LogP contribution < -0.4 is 5.73 Å². The molecule has 0 radical (unpaired) electrons. The smallest absolute Gasteiger partial charge is 0.243 e. The number of anilines is 1. The number of hydrogen-bond acceptors (Lipinski definition) is 3. The van der Waals surface area contributed by atoms with Crippen LogP contribution in [0, 0.1) is 11.7 Å². The lowest BCUT2D eigenvalue weighted by Gasteiger charge is -2.32. The molecule has 4 nitrogen and oxygen atoms in total. The Labute approximate surface area is 119 Å². The minimum absolute atomic E-state index is 0.0132. The van der Waals surface area contributed by atoms with Crippen LogP contribution in [0.4, 0.5) is 10.1 Å². The van der Waals surface area contributed by atoms with Crippen LogP contribution >= 0.6 is 0 Å². The maximum absolute atomic E-state index is 13.4. The number of nitrogens with two attached hydrogens (primary N) is 1. The normalized spacial score (nSPS) is 24.0. The van der Waals surface area contributed by atoms with Crippen LogP contribution in [-0.2, 0) is 10.0 Å². The van der Waals surface area contributed by atoms with E-state index in [4.69, 9.17) is 5.73 Å². The lowest BCUT2D eigenvalue weighted by atomic mass is 9.87. The summed E-state index contributed by atoms with van der Waals surface area (Å²) in [4.78, 5) is -0.0730. The maximum atomic E-state index is 13.4. The Bertz CT molecular complexity index is 561. The van der Waals surface area contributed by atoms with Crippen molar-refractivity contribution < 1.29 is 12.8 Å². The van der Waals surface area contributed by atoms with Crippen LogP contribution in [-0.4, -0.2) is 25.8 Å². The van der Waals surface area contributed by atoms with Crippen LogP contribution in [0.25, 0.3) is 0 Å². The SMILES string of the molecule is CC1CCC(N(C)S(=O)(=O)c2cc(N)cc(F)c2)CC1. The number of halogens is 1. The molecule has 0 atom stereocenters. The van der Waals surface area contributed by atoms with Gasteiger partial charge < -0.3 is 5.73 Å². The molecule has 0 spiro atoms. The lowest BCUT2D eigenvalue weighted by Crippen LogP contribution is -2.39. The molecule has 6 heteroatoms. The van der Waals surface area contributed by atoms with Gasteiger partial charge in [-0.2, -0.15) is 4.31 Å². The molecule has 112 valence electrons. The first-order chi connectivity index (χ1) is 9.30. The summed E-state index contributed by atoms with van der Waals surface area (Å²) in [5.41, 5.74) is 5.65. The third-order valence-electron chi connectivity index (χ3n) is 4.07. The van der Waals surface area contributed by atoms with Gasteiger partial charge in [-0.1, -0.05) is 6.92 Å². The van der Waals surface area contributed by atoms with Crippen molar-refractivity contribution in [2.24, 2.45) is 5.92 Å². The molecule has 1 saturated carbocycles. The van der Waals surface area contributed by atoms with Crippen molar-refractivity contribution in [3.8, 4) is 0 Å². The molecular weight excluding hydrogens is 279 g/mol. The number of benzene rings is 1. The summed E-state index contributed by atoms with van der Waals surface area (Å²) in [5, 5.41) is 0. The molecular formula is C14H21FN2O2S. The zero-order valence-electron chi connectivity index (χ0n) is 11.8. The molecule has 0 amide bonds. The first-order valence-corrected chi connectivity index (χ1v) is 8.29. The topological polar surface area (TPSA) is 63.4 Å². The maximum Gasteiger partial charge on any atom is 0.243 e. The predicted octanol–water partition coefficient (Wildman–Crippen LogP) is 2.61. The molecule has 0 saturated heterocycles. The second-order valence-corrected chi connectivity index (χ2v) is 7.65. The molecule has 1 fully saturated rings. The summed E-state index contributed by atoms with van der Waals surface area (Å²) in [5.74, 6) is 0.0152. The van der Waals surface area contributed by atoms with Crippen molar-refractivity contribution in [1.82, 2.24) is 4.31 Å². The van der Waals surface area contributed by atoms with Crippen LogP contribution in [0.1, 0.15) is 32.6 Å². The molecule has 2 rings (SSSR count). The largest absolute Gasteiger partial charge is 0.399 e. The molecule has 0 aliphatic heterocycles. The van der Waals surface area contributed by atoms with E-state index in [1.165, 1.54) is 10.4 Å². The van der Waals surface area contributed by atoms with Crippen molar-refractivity contribution in [1.29, 1.82) is 0 Å². The summed E-state index contributed by atoms with van der Waals surface area (Å²) < 4.78 is 39.8. The third-order valence-corrected chi connectivity index (χ3v) is 5.96. The zero-order chi connectivity index (χ0) is 14.9. The Kier molecular flexibility index (Phi) is 4.34. The van der Waals surface area contributed by atoms with Gasteiger partial charge in [0, 0.05) is 18.8 Å². The van der Waals surface area contributed by atoms with Gasteiger partial charge in [0.25, 0.3) is 0 Å². The molecule has 1 aromatic carbocycles. The minimum Gasteiger partial charge on any atom is -0.399 e. The van der Waals surface area contributed by atoms with Crippen LogP contribution in [0.3, 0.4) is 0 Å². The van der Waals surface area contributed by atoms with E-state index in [-0.39, 0.29) is 16.6 Å². The first kappa shape index (κ1) is 15.3. The van der Waals surface area contributed by atoms with Gasteiger partial charge in [-0.3, -0.25) is 0 Å². The molecule has 20 heavy (non-hydrogen) atoms. The summed E-state index contributed by atoms with van der Waals surface area (Å²) >= 11 is 0. The lowest BCUT2D eigenvalue weighted by molar-refractivity contribution is 0.246. The fourth-order valence-electron chi connectivity index (χ4n) is 2.70. The van der Waals surface area contributed by atoms with Gasteiger partial charge in [-0.05, 0) is 49.8 Å². The molecule has 1 aliphatic carbocycles. The van der Waals surface area contributed by atoms with Gasteiger partial charge >= 0.3 is 0 Å². The van der Waals surface area contributed by atoms with E-state index in [9.17, 15) is 12.8 Å². The van der Waals surface area contributed by atoms with Gasteiger partial charge in [0.1, 0.15) is 5.82 Å². The number of nitrogens with zero attached hydrogens (tertiary/aromatic N) is 1. The second-order valence-electron chi connectivity index (χ2n) is 5.66. The molecule has 1 aromatic rings. The van der Waals surface area contributed by atoms with Crippen LogP contribution in [0.5, 0.6) is 0 Å². The van der Waals surface area contributed by atoms with Gasteiger partial charge in [-0.25, -0.2) is 12.8 Å². The molecule has 0 heterocycles. The van der Waals surface area contributed by atoms with Crippen molar-refractivity contribution in [3.63, 3.8) is 0 Å². The monoisotopic (exact) mass is 300 g/mol. The minimum atomic E-state index is -3.69. The highest BCUT2D eigenvalue weighted by molar-refractivity contribution is 7.89. The summed E-state index contributed by atoms with van der Waals surface area (Å²) in [6, 6.07) is 3.43. The Morgan fingerprint density at radius 3 is 2.35 bits per heavy atom. The number of hydrogen-bond donors (Lipinski definition) is 1. The van der Waals surface area contributed by atoms with E-state index in [2.05, 4.69) is 6.92 Å². The molecule has 1 aliphatic rings. The molecule has 0 aromatic heterocycles. The van der Waals surface area contributed by atoms with Gasteiger partial charge in [0.2, 0.25) is 10.0 Å². The number of sulfonamides is 1. The standard InChI is InChI=1S/C14H21FN2O2S/c1-10-3-5-13(6-4-10)17(2)20(18,19)14-8-11(15)7-12(16)9-14/h7-10,13H,3-6,16H2,1-2H3.